The molecule has 0 N–H and O–H groups in total. The van der Waals surface area contributed by atoms with E-state index in [1.54, 1.807) is 35.0 Å². The zero-order chi connectivity index (χ0) is 14.3. The Balaban J connectivity index is 1.77. The zero-order valence-corrected chi connectivity index (χ0v) is 10.9. The van der Waals surface area contributed by atoms with Crippen molar-refractivity contribution in [3.05, 3.63) is 67.1 Å². The summed E-state index contributed by atoms with van der Waals surface area (Å²) in [5.74, 6) is 0.0753. The van der Waals surface area contributed by atoms with Crippen LogP contribution in [-0.2, 0) is 6.42 Å². The van der Waals surface area contributed by atoms with Crippen molar-refractivity contribution in [3.8, 4) is 0 Å². The molecule has 0 bridgehead atoms. The third-order valence-electron chi connectivity index (χ3n) is 3.38. The van der Waals surface area contributed by atoms with Crippen LogP contribution >= 0.6 is 0 Å². The minimum atomic E-state index is -0.241. The van der Waals surface area contributed by atoms with Crippen LogP contribution in [0.25, 0.3) is 0 Å². The van der Waals surface area contributed by atoms with Gasteiger partial charge in [0.2, 0.25) is 0 Å². The van der Waals surface area contributed by atoms with Gasteiger partial charge in [0.25, 0.3) is 11.8 Å². The van der Waals surface area contributed by atoms with E-state index in [-0.39, 0.29) is 11.8 Å². The molecule has 0 unspecified atom stereocenters. The predicted octanol–water partition coefficient (Wildman–Crippen LogP) is 1.54. The van der Waals surface area contributed by atoms with Crippen LogP contribution in [0.3, 0.4) is 0 Å². The Bertz CT molecular complexity index is 648. The molecule has 5 heteroatoms. The van der Waals surface area contributed by atoms with Crippen LogP contribution in [0.15, 0.2) is 30.5 Å². The van der Waals surface area contributed by atoms with Crippen LogP contribution in [0.5, 0.6) is 0 Å². The minimum absolute atomic E-state index is 0.241. The van der Waals surface area contributed by atoms with Crippen LogP contribution in [0.1, 0.15) is 32.2 Å². The highest BCUT2D eigenvalue weighted by Gasteiger charge is 2.34. The standard InChI is InChI=1S/C15H13N3O2/c1-10-16-11(9-17(10)2)7-8-18-14(19)12-5-3-4-6-13(12)15(18)20/h3-6,9H,1-2,7-8H2. The molecule has 0 aliphatic carbocycles. The van der Waals surface area contributed by atoms with E-state index in [0.29, 0.717) is 29.9 Å². The topological polar surface area (TPSA) is 55.2 Å². The van der Waals surface area contributed by atoms with E-state index in [4.69, 9.17) is 0 Å². The van der Waals surface area contributed by atoms with Crippen molar-refractivity contribution >= 4 is 11.8 Å². The highest BCUT2D eigenvalue weighted by atomic mass is 16.2. The van der Waals surface area contributed by atoms with Crippen molar-refractivity contribution in [2.45, 2.75) is 6.42 Å². The van der Waals surface area contributed by atoms with E-state index in [2.05, 4.69) is 19.0 Å². The number of aromatic nitrogens is 2. The van der Waals surface area contributed by atoms with Gasteiger partial charge in [0.1, 0.15) is 5.82 Å². The van der Waals surface area contributed by atoms with Crippen molar-refractivity contribution in [1.82, 2.24) is 14.5 Å². The first-order valence-electron chi connectivity index (χ1n) is 6.24. The monoisotopic (exact) mass is 267 g/mol. The molecule has 0 atom stereocenters. The second-order valence-corrected chi connectivity index (χ2v) is 4.68. The van der Waals surface area contributed by atoms with Crippen LogP contribution in [0.2, 0.25) is 0 Å². The number of rotatable bonds is 3. The summed E-state index contributed by atoms with van der Waals surface area (Å²) in [4.78, 5) is 29.8. The second-order valence-electron chi connectivity index (χ2n) is 4.68. The van der Waals surface area contributed by atoms with E-state index in [1.165, 1.54) is 4.90 Å². The third-order valence-corrected chi connectivity index (χ3v) is 3.38. The van der Waals surface area contributed by atoms with Crippen molar-refractivity contribution in [2.75, 3.05) is 6.54 Å². The molecule has 2 amide bonds. The van der Waals surface area contributed by atoms with E-state index >= 15 is 0 Å². The number of hydrogen-bond acceptors (Lipinski definition) is 3. The fourth-order valence-corrected chi connectivity index (χ4v) is 2.30. The second kappa shape index (κ2) is 4.59. The van der Waals surface area contributed by atoms with Gasteiger partial charge in [0, 0.05) is 33.1 Å². The highest BCUT2D eigenvalue weighted by Crippen LogP contribution is 2.22. The molecule has 0 fully saturated rings. The SMILES string of the molecule is [CH2]c1nc(CCN2C(=O)c3ccccc3C2=O)cn1[CH2]. The Morgan fingerprint density at radius 2 is 1.70 bits per heavy atom. The van der Waals surface area contributed by atoms with Crippen LogP contribution < -0.4 is 0 Å². The summed E-state index contributed by atoms with van der Waals surface area (Å²) in [5.41, 5.74) is 1.71. The van der Waals surface area contributed by atoms with Gasteiger partial charge in [-0.25, -0.2) is 4.98 Å². The lowest BCUT2D eigenvalue weighted by atomic mass is 10.1. The smallest absolute Gasteiger partial charge is 0.261 e. The average molecular weight is 267 g/mol. The molecule has 20 heavy (non-hydrogen) atoms. The van der Waals surface area contributed by atoms with Crippen LogP contribution in [-0.4, -0.2) is 32.8 Å². The van der Waals surface area contributed by atoms with E-state index in [0.717, 1.165) is 5.69 Å². The van der Waals surface area contributed by atoms with Crippen molar-refractivity contribution < 1.29 is 9.59 Å². The van der Waals surface area contributed by atoms with Crippen LogP contribution in [0.4, 0.5) is 0 Å². The fraction of sp³-hybridized carbons (Fsp3) is 0.133. The molecule has 2 heterocycles. The van der Waals surface area contributed by atoms with Gasteiger partial charge < -0.3 is 4.57 Å². The van der Waals surface area contributed by atoms with E-state index in [1.807, 2.05) is 0 Å². The molecule has 0 spiro atoms. The number of carbonyl (C=O) groups is 2. The van der Waals surface area contributed by atoms with Crippen molar-refractivity contribution in [3.63, 3.8) is 0 Å². The Hall–Kier alpha value is -2.43. The van der Waals surface area contributed by atoms with Gasteiger partial charge in [-0.3, -0.25) is 14.5 Å². The molecular weight excluding hydrogens is 254 g/mol. The average Bonchev–Trinajstić information content (AvgIpc) is 2.88. The summed E-state index contributed by atoms with van der Waals surface area (Å²) in [6, 6.07) is 6.86. The van der Waals surface area contributed by atoms with E-state index < -0.39 is 0 Å². The first-order valence-corrected chi connectivity index (χ1v) is 6.24. The number of benzene rings is 1. The van der Waals surface area contributed by atoms with Gasteiger partial charge in [0.15, 0.2) is 0 Å². The summed E-state index contributed by atoms with van der Waals surface area (Å²) in [5, 5.41) is 0. The molecule has 1 aromatic heterocycles. The Kier molecular flexibility index (Phi) is 2.89. The molecule has 1 aromatic carbocycles. The van der Waals surface area contributed by atoms with Gasteiger partial charge >= 0.3 is 0 Å². The molecule has 0 saturated heterocycles. The zero-order valence-electron chi connectivity index (χ0n) is 10.9. The fourth-order valence-electron chi connectivity index (χ4n) is 2.30. The number of fused-ring (bicyclic) bond motifs is 1. The molecule has 2 aromatic rings. The lowest BCUT2D eigenvalue weighted by molar-refractivity contribution is 0.0656. The predicted molar refractivity (Wildman–Crippen MR) is 73.0 cm³/mol. The maximum Gasteiger partial charge on any atom is 0.261 e. The number of imide groups is 1. The number of hydrogen-bond donors (Lipinski definition) is 0. The number of carbonyl (C=O) groups excluding carboxylic acids is 2. The number of amides is 2. The quantitative estimate of drug-likeness (QED) is 0.793. The summed E-state index contributed by atoms with van der Waals surface area (Å²) < 4.78 is 1.57. The van der Waals surface area contributed by atoms with Gasteiger partial charge in [-0.2, -0.15) is 0 Å². The summed E-state index contributed by atoms with van der Waals surface area (Å²) in [6.07, 6.45) is 2.25. The number of imidazole rings is 1. The van der Waals surface area contributed by atoms with Gasteiger partial charge in [-0.15, -0.1) is 0 Å². The van der Waals surface area contributed by atoms with Crippen molar-refractivity contribution in [1.29, 1.82) is 0 Å². The molecule has 3 rings (SSSR count). The third kappa shape index (κ3) is 1.91. The normalized spacial score (nSPS) is 14.0. The number of nitrogens with zero attached hydrogens (tertiary/aromatic N) is 3. The van der Waals surface area contributed by atoms with Gasteiger partial charge in [-0.05, 0) is 12.1 Å². The highest BCUT2D eigenvalue weighted by molar-refractivity contribution is 6.21. The van der Waals surface area contributed by atoms with Gasteiger partial charge in [-0.1, -0.05) is 12.1 Å². The summed E-state index contributed by atoms with van der Waals surface area (Å²) >= 11 is 0. The maximum absolute atomic E-state index is 12.2. The molecule has 0 saturated carbocycles. The first kappa shape index (κ1) is 12.6. The van der Waals surface area contributed by atoms with Crippen molar-refractivity contribution in [2.24, 2.45) is 0 Å². The lowest BCUT2D eigenvalue weighted by Crippen LogP contribution is -2.31. The first-order chi connectivity index (χ1) is 9.58. The molecule has 1 aliphatic heterocycles. The summed E-state index contributed by atoms with van der Waals surface area (Å²) in [7, 11) is 3.73. The largest absolute Gasteiger partial charge is 0.333 e. The Morgan fingerprint density at radius 3 is 2.20 bits per heavy atom. The molecular formula is C15H13N3O2. The maximum atomic E-state index is 12.2. The Morgan fingerprint density at radius 1 is 1.10 bits per heavy atom. The van der Waals surface area contributed by atoms with Crippen LogP contribution in [0, 0.1) is 14.0 Å². The molecule has 2 radical (unpaired) electrons. The molecule has 1 aliphatic rings. The Labute approximate surface area is 116 Å². The van der Waals surface area contributed by atoms with E-state index in [9.17, 15) is 9.59 Å². The van der Waals surface area contributed by atoms with Gasteiger partial charge in [0.05, 0.1) is 16.8 Å². The molecule has 100 valence electrons. The minimum Gasteiger partial charge on any atom is -0.333 e. The summed E-state index contributed by atoms with van der Waals surface area (Å²) in [6.45, 7) is 4.03. The lowest BCUT2D eigenvalue weighted by Gasteiger charge is -2.12. The molecule has 5 nitrogen and oxygen atoms in total.